The van der Waals surface area contributed by atoms with Gasteiger partial charge in [0, 0.05) is 12.8 Å². The van der Waals surface area contributed by atoms with Crippen LogP contribution in [0.4, 0.5) is 0 Å². The van der Waals surface area contributed by atoms with E-state index in [2.05, 4.69) is 11.4 Å². The lowest BCUT2D eigenvalue weighted by molar-refractivity contribution is -0.161. The van der Waals surface area contributed by atoms with Gasteiger partial charge < -0.3 is 24.6 Å². The van der Waals surface area contributed by atoms with Gasteiger partial charge in [-0.2, -0.15) is 0 Å². The number of carbonyl (C=O) groups is 2. The Labute approximate surface area is 210 Å². The minimum absolute atomic E-state index is 0.173. The van der Waals surface area contributed by atoms with Crippen molar-refractivity contribution in [1.29, 1.82) is 0 Å². The molecule has 0 fully saturated rings. The van der Waals surface area contributed by atoms with Gasteiger partial charge in [0.1, 0.15) is 12.7 Å². The van der Waals surface area contributed by atoms with E-state index in [9.17, 15) is 24.2 Å². The van der Waals surface area contributed by atoms with Crippen LogP contribution in [0, 0.1) is 0 Å². The molecule has 208 valence electrons. The number of phosphoric acid groups is 1. The standard InChI is InChI=1S/C24H47O10P/c1-3-5-7-8-9-10-11-12-14-15-23(27)31-19-22(34-24(28)16-13-6-4-2)20-33-35(29,30)32-18-21(26)17-25/h21-22,25-26H,3-20H2,1-2H3,(H,29,30)/t21-,22+/m1/s1. The molecule has 0 saturated heterocycles. The van der Waals surface area contributed by atoms with E-state index in [0.29, 0.717) is 12.8 Å². The molecule has 0 radical (unpaired) electrons. The van der Waals surface area contributed by atoms with Crippen LogP contribution >= 0.6 is 7.82 Å². The zero-order valence-corrected chi connectivity index (χ0v) is 22.4. The number of rotatable bonds is 24. The highest BCUT2D eigenvalue weighted by molar-refractivity contribution is 7.47. The van der Waals surface area contributed by atoms with E-state index in [4.69, 9.17) is 19.1 Å². The lowest BCUT2D eigenvalue weighted by Gasteiger charge is -2.20. The molecule has 0 rings (SSSR count). The molecular formula is C24H47O10P. The van der Waals surface area contributed by atoms with E-state index in [1.165, 1.54) is 32.1 Å². The fourth-order valence-corrected chi connectivity index (χ4v) is 3.96. The smallest absolute Gasteiger partial charge is 0.462 e. The number of ether oxygens (including phenoxy) is 2. The highest BCUT2D eigenvalue weighted by atomic mass is 31.2. The zero-order chi connectivity index (χ0) is 26.4. The van der Waals surface area contributed by atoms with E-state index in [1.54, 1.807) is 0 Å². The molecule has 35 heavy (non-hydrogen) atoms. The number of aliphatic hydroxyl groups excluding tert-OH is 2. The molecule has 0 spiro atoms. The van der Waals surface area contributed by atoms with Crippen LogP contribution in [0.2, 0.25) is 0 Å². The van der Waals surface area contributed by atoms with Gasteiger partial charge in [-0.05, 0) is 12.8 Å². The van der Waals surface area contributed by atoms with Crippen LogP contribution in [0.25, 0.3) is 0 Å². The second-order valence-electron chi connectivity index (χ2n) is 8.73. The molecular weight excluding hydrogens is 479 g/mol. The van der Waals surface area contributed by atoms with Crippen molar-refractivity contribution < 1.29 is 47.8 Å². The van der Waals surface area contributed by atoms with Crippen LogP contribution in [0.1, 0.15) is 104 Å². The van der Waals surface area contributed by atoms with E-state index in [0.717, 1.165) is 32.1 Å². The Morgan fingerprint density at radius 2 is 1.23 bits per heavy atom. The van der Waals surface area contributed by atoms with Crippen LogP contribution in [0.15, 0.2) is 0 Å². The number of unbranched alkanes of at least 4 members (excludes halogenated alkanes) is 10. The summed E-state index contributed by atoms with van der Waals surface area (Å²) in [5.41, 5.74) is 0. The maximum Gasteiger partial charge on any atom is 0.472 e. The molecule has 0 bridgehead atoms. The highest BCUT2D eigenvalue weighted by Crippen LogP contribution is 2.43. The summed E-state index contributed by atoms with van der Waals surface area (Å²) in [7, 11) is -4.57. The molecule has 11 heteroatoms. The first-order valence-corrected chi connectivity index (χ1v) is 14.5. The Hall–Kier alpha value is -1.03. The summed E-state index contributed by atoms with van der Waals surface area (Å²) in [5, 5.41) is 18.0. The monoisotopic (exact) mass is 526 g/mol. The maximum absolute atomic E-state index is 12.1. The van der Waals surface area contributed by atoms with Crippen LogP contribution in [0.5, 0.6) is 0 Å². The summed E-state index contributed by atoms with van der Waals surface area (Å²) in [4.78, 5) is 33.9. The van der Waals surface area contributed by atoms with Gasteiger partial charge in [-0.25, -0.2) is 4.57 Å². The van der Waals surface area contributed by atoms with Crippen molar-refractivity contribution in [2.75, 3.05) is 26.4 Å². The molecule has 0 aliphatic heterocycles. The van der Waals surface area contributed by atoms with Crippen LogP contribution < -0.4 is 0 Å². The number of hydrogen-bond acceptors (Lipinski definition) is 9. The fourth-order valence-electron chi connectivity index (χ4n) is 3.17. The first-order valence-electron chi connectivity index (χ1n) is 13.0. The molecule has 0 aromatic rings. The minimum atomic E-state index is -4.57. The Morgan fingerprint density at radius 1 is 0.743 bits per heavy atom. The lowest BCUT2D eigenvalue weighted by Crippen LogP contribution is -2.29. The van der Waals surface area contributed by atoms with E-state index >= 15 is 0 Å². The van der Waals surface area contributed by atoms with Gasteiger partial charge in [0.05, 0.1) is 19.8 Å². The summed E-state index contributed by atoms with van der Waals surface area (Å²) in [6.45, 7) is 2.09. The van der Waals surface area contributed by atoms with Crippen molar-refractivity contribution in [3.8, 4) is 0 Å². The number of hydrogen-bond donors (Lipinski definition) is 3. The Bertz CT molecular complexity index is 587. The molecule has 10 nitrogen and oxygen atoms in total. The molecule has 0 saturated carbocycles. The van der Waals surface area contributed by atoms with Gasteiger partial charge in [0.15, 0.2) is 6.10 Å². The second-order valence-corrected chi connectivity index (χ2v) is 10.2. The number of carbonyl (C=O) groups excluding carboxylic acids is 2. The average molecular weight is 527 g/mol. The van der Waals surface area contributed by atoms with E-state index < -0.39 is 51.8 Å². The third kappa shape index (κ3) is 21.9. The third-order valence-electron chi connectivity index (χ3n) is 5.26. The molecule has 3 N–H and O–H groups in total. The maximum atomic E-state index is 12.1. The summed E-state index contributed by atoms with van der Waals surface area (Å²) in [6, 6.07) is 0. The number of aliphatic hydroxyl groups is 2. The lowest BCUT2D eigenvalue weighted by atomic mass is 10.1. The van der Waals surface area contributed by atoms with E-state index in [-0.39, 0.29) is 19.4 Å². The SMILES string of the molecule is CCCCCCCCCCCC(=O)OC[C@@H](COP(=O)(O)OC[C@H](O)CO)OC(=O)CCCCC. The molecule has 0 aromatic carbocycles. The largest absolute Gasteiger partial charge is 0.472 e. The zero-order valence-electron chi connectivity index (χ0n) is 21.5. The molecule has 0 aliphatic carbocycles. The number of phosphoric ester groups is 1. The molecule has 3 atom stereocenters. The minimum Gasteiger partial charge on any atom is -0.462 e. The van der Waals surface area contributed by atoms with Crippen LogP contribution in [-0.2, 0) is 32.7 Å². The van der Waals surface area contributed by atoms with Gasteiger partial charge in [-0.3, -0.25) is 18.6 Å². The van der Waals surface area contributed by atoms with Crippen molar-refractivity contribution >= 4 is 19.8 Å². The van der Waals surface area contributed by atoms with Crippen LogP contribution in [0.3, 0.4) is 0 Å². The first-order chi connectivity index (χ1) is 16.7. The topological polar surface area (TPSA) is 149 Å². The second kappa shape index (κ2) is 22.2. The van der Waals surface area contributed by atoms with Gasteiger partial charge >= 0.3 is 19.8 Å². The van der Waals surface area contributed by atoms with Gasteiger partial charge in [0.2, 0.25) is 0 Å². The fraction of sp³-hybridized carbons (Fsp3) is 0.917. The van der Waals surface area contributed by atoms with Crippen LogP contribution in [-0.4, -0.2) is 65.7 Å². The molecule has 1 unspecified atom stereocenters. The Morgan fingerprint density at radius 3 is 1.83 bits per heavy atom. The van der Waals surface area contributed by atoms with Crippen molar-refractivity contribution in [2.24, 2.45) is 0 Å². The normalized spacial score (nSPS) is 14.8. The Balaban J connectivity index is 4.41. The Kier molecular flexibility index (Phi) is 21.5. The number of esters is 2. The van der Waals surface area contributed by atoms with Crippen molar-refractivity contribution in [1.82, 2.24) is 0 Å². The molecule has 0 aliphatic rings. The highest BCUT2D eigenvalue weighted by Gasteiger charge is 2.27. The summed E-state index contributed by atoms with van der Waals surface area (Å²) >= 11 is 0. The van der Waals surface area contributed by atoms with Gasteiger partial charge in [-0.15, -0.1) is 0 Å². The summed E-state index contributed by atoms with van der Waals surface area (Å²) < 4.78 is 31.8. The van der Waals surface area contributed by atoms with E-state index in [1.807, 2.05) is 6.92 Å². The molecule has 0 aromatic heterocycles. The van der Waals surface area contributed by atoms with Crippen molar-refractivity contribution in [2.45, 2.75) is 116 Å². The quantitative estimate of drug-likeness (QED) is 0.0936. The molecule has 0 amide bonds. The first kappa shape index (κ1) is 34.0. The van der Waals surface area contributed by atoms with Gasteiger partial charge in [-0.1, -0.05) is 78.1 Å². The summed E-state index contributed by atoms with van der Waals surface area (Å²) in [5.74, 6) is -0.957. The average Bonchev–Trinajstić information content (AvgIpc) is 2.83. The van der Waals surface area contributed by atoms with Crippen molar-refractivity contribution in [3.63, 3.8) is 0 Å². The van der Waals surface area contributed by atoms with Crippen molar-refractivity contribution in [3.05, 3.63) is 0 Å². The van der Waals surface area contributed by atoms with Gasteiger partial charge in [0.25, 0.3) is 0 Å². The summed E-state index contributed by atoms with van der Waals surface area (Å²) in [6.07, 6.45) is 10.6. The molecule has 0 heterocycles. The predicted octanol–water partition coefficient (Wildman–Crippen LogP) is 4.43. The predicted molar refractivity (Wildman–Crippen MR) is 132 cm³/mol. The third-order valence-corrected chi connectivity index (χ3v) is 6.21.